The van der Waals surface area contributed by atoms with Crippen LogP contribution in [0.15, 0.2) is 53.5 Å². The van der Waals surface area contributed by atoms with Crippen molar-refractivity contribution in [1.82, 2.24) is 15.5 Å². The lowest BCUT2D eigenvalue weighted by Gasteiger charge is -2.35. The fourth-order valence-electron chi connectivity index (χ4n) is 3.74. The maximum atomic E-state index is 5.74. The molecule has 1 heterocycles. The number of halogens is 1. The quantitative estimate of drug-likeness (QED) is 0.258. The Bertz CT molecular complexity index is 842. The predicted molar refractivity (Wildman–Crippen MR) is 144 cm³/mol. The van der Waals surface area contributed by atoms with Crippen LogP contribution < -0.4 is 20.1 Å². The highest BCUT2D eigenvalue weighted by atomic mass is 127. The van der Waals surface area contributed by atoms with Gasteiger partial charge in [0.25, 0.3) is 0 Å². The van der Waals surface area contributed by atoms with Crippen molar-refractivity contribution in [3.8, 4) is 11.5 Å². The first-order valence-electron chi connectivity index (χ1n) is 11.4. The number of hydrogen-bond donors (Lipinski definition) is 2. The van der Waals surface area contributed by atoms with Crippen molar-refractivity contribution in [3.63, 3.8) is 0 Å². The van der Waals surface area contributed by atoms with E-state index in [0.717, 1.165) is 68.9 Å². The van der Waals surface area contributed by atoms with E-state index in [4.69, 9.17) is 14.2 Å². The van der Waals surface area contributed by atoms with E-state index in [2.05, 4.69) is 51.7 Å². The molecule has 0 bridgehead atoms. The molecule has 0 aliphatic carbocycles. The van der Waals surface area contributed by atoms with Crippen molar-refractivity contribution >= 4 is 29.9 Å². The molecule has 33 heavy (non-hydrogen) atoms. The van der Waals surface area contributed by atoms with Gasteiger partial charge in [-0.2, -0.15) is 0 Å². The lowest BCUT2D eigenvalue weighted by atomic mass is 10.0. The van der Waals surface area contributed by atoms with Crippen molar-refractivity contribution in [1.29, 1.82) is 0 Å². The van der Waals surface area contributed by atoms with Gasteiger partial charge in [0.1, 0.15) is 11.5 Å². The first-order valence-corrected chi connectivity index (χ1v) is 11.4. The Kier molecular flexibility index (Phi) is 12.3. The largest absolute Gasteiger partial charge is 0.497 e. The number of methoxy groups -OCH3 is 1. The number of rotatable bonds is 10. The molecule has 182 valence electrons. The fourth-order valence-corrected chi connectivity index (χ4v) is 3.74. The van der Waals surface area contributed by atoms with E-state index in [9.17, 15) is 0 Å². The van der Waals surface area contributed by atoms with E-state index >= 15 is 0 Å². The van der Waals surface area contributed by atoms with Gasteiger partial charge in [-0.3, -0.25) is 9.89 Å². The second-order valence-corrected chi connectivity index (χ2v) is 7.74. The monoisotopic (exact) mass is 568 g/mol. The standard InChI is InChI=1S/C25H36N4O3.HI/c1-4-14-32-23-7-5-6-20(17-23)18-27-25(26-2)28-19-24(29-12-15-31-16-13-29)21-8-10-22(30-3)11-9-21;/h5-11,17,24H,4,12-16,18-19H2,1-3H3,(H2,26,27,28);1H. The number of ether oxygens (including phenoxy) is 3. The summed E-state index contributed by atoms with van der Waals surface area (Å²) in [5, 5.41) is 6.92. The van der Waals surface area contributed by atoms with E-state index in [1.54, 1.807) is 14.2 Å². The molecule has 2 aromatic carbocycles. The van der Waals surface area contributed by atoms with Crippen molar-refractivity contribution in [2.45, 2.75) is 25.9 Å². The summed E-state index contributed by atoms with van der Waals surface area (Å²) >= 11 is 0. The summed E-state index contributed by atoms with van der Waals surface area (Å²) in [6, 6.07) is 16.7. The Hall–Kier alpha value is -2.04. The van der Waals surface area contributed by atoms with Gasteiger partial charge >= 0.3 is 0 Å². The van der Waals surface area contributed by atoms with E-state index < -0.39 is 0 Å². The SMILES string of the molecule is CCCOc1cccc(CNC(=NC)NCC(c2ccc(OC)cc2)N2CCOCC2)c1.I. The molecular weight excluding hydrogens is 531 g/mol. The molecule has 1 atom stereocenters. The summed E-state index contributed by atoms with van der Waals surface area (Å²) in [7, 11) is 3.49. The average Bonchev–Trinajstić information content (AvgIpc) is 2.86. The summed E-state index contributed by atoms with van der Waals surface area (Å²) in [6.07, 6.45) is 0.998. The van der Waals surface area contributed by atoms with Crippen LogP contribution in [0, 0.1) is 0 Å². The topological polar surface area (TPSA) is 67.3 Å². The zero-order valence-corrected chi connectivity index (χ0v) is 22.2. The molecule has 3 rings (SSSR count). The Labute approximate surface area is 214 Å². The van der Waals surface area contributed by atoms with E-state index in [-0.39, 0.29) is 30.0 Å². The summed E-state index contributed by atoms with van der Waals surface area (Å²) in [5.74, 6) is 2.54. The van der Waals surface area contributed by atoms with Crippen LogP contribution in [0.5, 0.6) is 11.5 Å². The molecule has 0 amide bonds. The van der Waals surface area contributed by atoms with Gasteiger partial charge in [0, 0.05) is 33.2 Å². The third kappa shape index (κ3) is 8.68. The summed E-state index contributed by atoms with van der Waals surface area (Å²) in [4.78, 5) is 6.87. The molecule has 0 radical (unpaired) electrons. The highest BCUT2D eigenvalue weighted by Crippen LogP contribution is 2.23. The number of nitrogens with one attached hydrogen (secondary N) is 2. The highest BCUT2D eigenvalue weighted by molar-refractivity contribution is 14.0. The second-order valence-electron chi connectivity index (χ2n) is 7.74. The summed E-state index contributed by atoms with van der Waals surface area (Å²) in [6.45, 7) is 7.60. The molecule has 0 saturated carbocycles. The minimum Gasteiger partial charge on any atom is -0.497 e. The van der Waals surface area contributed by atoms with Crippen LogP contribution in [0.25, 0.3) is 0 Å². The van der Waals surface area contributed by atoms with Crippen LogP contribution in [0.1, 0.15) is 30.5 Å². The van der Waals surface area contributed by atoms with Gasteiger partial charge in [0.2, 0.25) is 0 Å². The summed E-state index contributed by atoms with van der Waals surface area (Å²) < 4.78 is 16.6. The van der Waals surface area contributed by atoms with Gasteiger partial charge in [-0.1, -0.05) is 31.2 Å². The molecule has 2 aromatic rings. The molecule has 1 aliphatic heterocycles. The van der Waals surface area contributed by atoms with Gasteiger partial charge in [0.15, 0.2) is 5.96 Å². The first-order chi connectivity index (χ1) is 15.7. The van der Waals surface area contributed by atoms with Crippen molar-refractivity contribution in [2.75, 3.05) is 53.6 Å². The fraction of sp³-hybridized carbons (Fsp3) is 0.480. The maximum absolute atomic E-state index is 5.74. The lowest BCUT2D eigenvalue weighted by molar-refractivity contribution is 0.0170. The third-order valence-corrected chi connectivity index (χ3v) is 5.50. The smallest absolute Gasteiger partial charge is 0.191 e. The first kappa shape index (κ1) is 27.2. The number of nitrogens with zero attached hydrogens (tertiary/aromatic N) is 2. The minimum absolute atomic E-state index is 0. The number of benzene rings is 2. The highest BCUT2D eigenvalue weighted by Gasteiger charge is 2.23. The second kappa shape index (κ2) is 15.0. The normalized spacial score (nSPS) is 15.3. The Morgan fingerprint density at radius 2 is 1.85 bits per heavy atom. The molecule has 1 aliphatic rings. The van der Waals surface area contributed by atoms with Crippen LogP contribution in [-0.2, 0) is 11.3 Å². The van der Waals surface area contributed by atoms with Gasteiger partial charge in [-0.05, 0) is 41.8 Å². The third-order valence-electron chi connectivity index (χ3n) is 5.50. The number of morpholine rings is 1. The van der Waals surface area contributed by atoms with E-state index in [0.29, 0.717) is 6.54 Å². The molecule has 7 nitrogen and oxygen atoms in total. The zero-order chi connectivity index (χ0) is 22.6. The van der Waals surface area contributed by atoms with Gasteiger partial charge in [-0.25, -0.2) is 0 Å². The Morgan fingerprint density at radius 1 is 1.09 bits per heavy atom. The predicted octanol–water partition coefficient (Wildman–Crippen LogP) is 3.84. The lowest BCUT2D eigenvalue weighted by Crippen LogP contribution is -2.46. The molecule has 8 heteroatoms. The van der Waals surface area contributed by atoms with Gasteiger partial charge in [0.05, 0.1) is 33.0 Å². The molecule has 1 saturated heterocycles. The number of aliphatic imine (C=N–C) groups is 1. The van der Waals surface area contributed by atoms with E-state index in [1.165, 1.54) is 5.56 Å². The van der Waals surface area contributed by atoms with Crippen LogP contribution in [0.3, 0.4) is 0 Å². The molecule has 0 aromatic heterocycles. The van der Waals surface area contributed by atoms with Crippen LogP contribution in [-0.4, -0.2) is 64.5 Å². The number of guanidine groups is 1. The van der Waals surface area contributed by atoms with Crippen molar-refractivity contribution in [3.05, 3.63) is 59.7 Å². The van der Waals surface area contributed by atoms with Crippen LogP contribution >= 0.6 is 24.0 Å². The molecule has 1 fully saturated rings. The molecule has 0 spiro atoms. The van der Waals surface area contributed by atoms with Crippen molar-refractivity contribution < 1.29 is 14.2 Å². The van der Waals surface area contributed by atoms with Gasteiger partial charge in [-0.15, -0.1) is 24.0 Å². The minimum atomic E-state index is 0. The molecule has 2 N–H and O–H groups in total. The Balaban J connectivity index is 0.00000385. The number of hydrogen-bond acceptors (Lipinski definition) is 5. The molecule has 1 unspecified atom stereocenters. The molecular formula is C25H37IN4O3. The van der Waals surface area contributed by atoms with Crippen LogP contribution in [0.4, 0.5) is 0 Å². The van der Waals surface area contributed by atoms with Crippen LogP contribution in [0.2, 0.25) is 0 Å². The average molecular weight is 569 g/mol. The summed E-state index contributed by atoms with van der Waals surface area (Å²) in [5.41, 5.74) is 2.40. The van der Waals surface area contributed by atoms with E-state index in [1.807, 2.05) is 24.3 Å². The maximum Gasteiger partial charge on any atom is 0.191 e. The van der Waals surface area contributed by atoms with Crippen molar-refractivity contribution in [2.24, 2.45) is 4.99 Å². The zero-order valence-electron chi connectivity index (χ0n) is 19.9. The Morgan fingerprint density at radius 3 is 2.52 bits per heavy atom. The van der Waals surface area contributed by atoms with Gasteiger partial charge < -0.3 is 24.8 Å².